The van der Waals surface area contributed by atoms with Crippen LogP contribution in [0.3, 0.4) is 0 Å². The van der Waals surface area contributed by atoms with Crippen molar-refractivity contribution in [2.24, 2.45) is 0 Å². The number of hydrogen-bond acceptors (Lipinski definition) is 7. The molecule has 3 heterocycles. The molecule has 0 unspecified atom stereocenters. The molecule has 0 radical (unpaired) electrons. The summed E-state index contributed by atoms with van der Waals surface area (Å²) in [5, 5.41) is 5.82. The molecule has 3 aromatic rings. The molecule has 0 spiro atoms. The van der Waals surface area contributed by atoms with E-state index in [1.54, 1.807) is 24.7 Å². The molecule has 1 aromatic carbocycles. The van der Waals surface area contributed by atoms with Gasteiger partial charge >= 0.3 is 6.09 Å². The lowest BCUT2D eigenvalue weighted by Crippen LogP contribution is -2.32. The maximum absolute atomic E-state index is 12.9. The highest BCUT2D eigenvalue weighted by Crippen LogP contribution is 2.25. The normalized spacial score (nSPS) is 14.3. The van der Waals surface area contributed by atoms with Crippen LogP contribution in [0.2, 0.25) is 0 Å². The Hall–Kier alpha value is -4.11. The molecule has 1 atom stereocenters. The predicted molar refractivity (Wildman–Crippen MR) is 144 cm³/mol. The van der Waals surface area contributed by atoms with Gasteiger partial charge in [0.05, 0.1) is 19.3 Å². The van der Waals surface area contributed by atoms with E-state index < -0.39 is 11.7 Å². The second kappa shape index (κ2) is 12.0. The molecule has 0 saturated heterocycles. The number of rotatable bonds is 7. The van der Waals surface area contributed by atoms with Gasteiger partial charge in [0.15, 0.2) is 5.82 Å². The smallest absolute Gasteiger partial charge is 0.407 e. The van der Waals surface area contributed by atoms with Crippen molar-refractivity contribution in [3.8, 4) is 11.1 Å². The van der Waals surface area contributed by atoms with Crippen LogP contribution in [0, 0.1) is 0 Å². The lowest BCUT2D eigenvalue weighted by Gasteiger charge is -2.20. The maximum Gasteiger partial charge on any atom is 0.407 e. The van der Waals surface area contributed by atoms with Gasteiger partial charge in [-0.25, -0.2) is 14.8 Å². The second-order valence-corrected chi connectivity index (χ2v) is 10.0. The van der Waals surface area contributed by atoms with Crippen LogP contribution in [-0.4, -0.2) is 45.8 Å². The molecular formula is C29H33N5O4. The molecule has 2 aromatic heterocycles. The monoisotopic (exact) mass is 515 g/mol. The standard InChI is InChI=1S/C29H33N5O4/c1-19(33-27(35)25-10-14-31-26(34-25)22-11-15-37-16-12-22)20-5-7-21(8-6-20)24-18-30-13-9-23(24)17-32-28(36)38-29(2,3)4/h5-11,13-14,18-19H,12,15-17H2,1-4H3,(H,32,36)(H,33,35)/t19-/m1/s1. The summed E-state index contributed by atoms with van der Waals surface area (Å²) in [6.45, 7) is 8.87. The van der Waals surface area contributed by atoms with Crippen molar-refractivity contribution in [3.63, 3.8) is 0 Å². The number of hydrogen-bond donors (Lipinski definition) is 2. The summed E-state index contributed by atoms with van der Waals surface area (Å²) < 4.78 is 10.7. The van der Waals surface area contributed by atoms with Gasteiger partial charge in [0.2, 0.25) is 0 Å². The first-order valence-electron chi connectivity index (χ1n) is 12.6. The van der Waals surface area contributed by atoms with Crippen LogP contribution in [-0.2, 0) is 16.0 Å². The lowest BCUT2D eigenvalue weighted by atomic mass is 9.99. The first-order chi connectivity index (χ1) is 18.2. The molecule has 38 heavy (non-hydrogen) atoms. The van der Waals surface area contributed by atoms with E-state index in [9.17, 15) is 9.59 Å². The molecule has 0 bridgehead atoms. The molecular weight excluding hydrogens is 482 g/mol. The van der Waals surface area contributed by atoms with Crippen LogP contribution in [0.15, 0.2) is 61.1 Å². The van der Waals surface area contributed by atoms with Gasteiger partial charge in [-0.3, -0.25) is 9.78 Å². The Labute approximate surface area is 222 Å². The number of carbonyl (C=O) groups excluding carboxylic acids is 2. The van der Waals surface area contributed by atoms with Crippen molar-refractivity contribution in [2.45, 2.75) is 52.3 Å². The van der Waals surface area contributed by atoms with Crippen molar-refractivity contribution in [1.82, 2.24) is 25.6 Å². The maximum atomic E-state index is 12.9. The number of pyridine rings is 1. The Kier molecular flexibility index (Phi) is 8.48. The number of ether oxygens (including phenoxy) is 2. The van der Waals surface area contributed by atoms with Gasteiger partial charge in [-0.15, -0.1) is 0 Å². The summed E-state index contributed by atoms with van der Waals surface area (Å²) in [4.78, 5) is 38.0. The molecule has 0 saturated carbocycles. The highest BCUT2D eigenvalue weighted by atomic mass is 16.6. The molecule has 4 rings (SSSR count). The molecule has 198 valence electrons. The minimum atomic E-state index is -0.564. The second-order valence-electron chi connectivity index (χ2n) is 10.0. The number of nitrogens with zero attached hydrogens (tertiary/aromatic N) is 3. The minimum Gasteiger partial charge on any atom is -0.444 e. The number of alkyl carbamates (subject to hydrolysis) is 1. The average molecular weight is 516 g/mol. The lowest BCUT2D eigenvalue weighted by molar-refractivity contribution is 0.0523. The van der Waals surface area contributed by atoms with E-state index in [0.29, 0.717) is 31.3 Å². The van der Waals surface area contributed by atoms with Gasteiger partial charge in [-0.1, -0.05) is 30.3 Å². The molecule has 0 aliphatic carbocycles. The Balaban J connectivity index is 1.41. The molecule has 1 aliphatic rings. The highest BCUT2D eigenvalue weighted by Gasteiger charge is 2.18. The van der Waals surface area contributed by atoms with E-state index >= 15 is 0 Å². The van der Waals surface area contributed by atoms with Crippen LogP contribution < -0.4 is 10.6 Å². The molecule has 2 amide bonds. The first-order valence-corrected chi connectivity index (χ1v) is 12.6. The summed E-state index contributed by atoms with van der Waals surface area (Å²) in [6, 6.07) is 11.1. The predicted octanol–water partition coefficient (Wildman–Crippen LogP) is 4.86. The summed E-state index contributed by atoms with van der Waals surface area (Å²) in [7, 11) is 0. The quantitative estimate of drug-likeness (QED) is 0.462. The zero-order valence-corrected chi connectivity index (χ0v) is 22.2. The number of amides is 2. The highest BCUT2D eigenvalue weighted by molar-refractivity contribution is 5.92. The Morgan fingerprint density at radius 1 is 1.11 bits per heavy atom. The molecule has 1 aliphatic heterocycles. The molecule has 9 nitrogen and oxygen atoms in total. The summed E-state index contributed by atoms with van der Waals surface area (Å²) in [6.07, 6.45) is 7.28. The van der Waals surface area contributed by atoms with E-state index in [-0.39, 0.29) is 11.9 Å². The van der Waals surface area contributed by atoms with E-state index in [0.717, 1.165) is 34.2 Å². The summed E-state index contributed by atoms with van der Waals surface area (Å²) in [5.74, 6) is 0.298. The van der Waals surface area contributed by atoms with Crippen LogP contribution in [0.5, 0.6) is 0 Å². The van der Waals surface area contributed by atoms with Gasteiger partial charge < -0.3 is 20.1 Å². The molecule has 2 N–H and O–H groups in total. The Bertz CT molecular complexity index is 1320. The molecule has 0 fully saturated rings. The fourth-order valence-electron chi connectivity index (χ4n) is 3.99. The fourth-order valence-corrected chi connectivity index (χ4v) is 3.99. The average Bonchev–Trinajstić information content (AvgIpc) is 2.92. The van der Waals surface area contributed by atoms with E-state index in [1.165, 1.54) is 0 Å². The largest absolute Gasteiger partial charge is 0.444 e. The first kappa shape index (κ1) is 26.9. The Morgan fingerprint density at radius 2 is 1.89 bits per heavy atom. The van der Waals surface area contributed by atoms with Crippen molar-refractivity contribution < 1.29 is 19.1 Å². The van der Waals surface area contributed by atoms with Gasteiger partial charge in [-0.2, -0.15) is 0 Å². The SMILES string of the molecule is C[C@@H](NC(=O)c1ccnc(C2=CCOCC2)n1)c1ccc(-c2cnccc2CNC(=O)OC(C)(C)C)cc1. The van der Waals surface area contributed by atoms with Crippen molar-refractivity contribution >= 4 is 17.6 Å². The van der Waals surface area contributed by atoms with Crippen LogP contribution in [0.4, 0.5) is 4.79 Å². The zero-order valence-electron chi connectivity index (χ0n) is 22.2. The summed E-state index contributed by atoms with van der Waals surface area (Å²) >= 11 is 0. The number of benzene rings is 1. The van der Waals surface area contributed by atoms with Gasteiger partial charge in [-0.05, 0) is 68.5 Å². The minimum absolute atomic E-state index is 0.237. The summed E-state index contributed by atoms with van der Waals surface area (Å²) in [5.41, 5.74) is 4.47. The molecule has 9 heteroatoms. The number of nitrogens with one attached hydrogen (secondary N) is 2. The van der Waals surface area contributed by atoms with Crippen molar-refractivity contribution in [1.29, 1.82) is 0 Å². The fraction of sp³-hybridized carbons (Fsp3) is 0.345. The van der Waals surface area contributed by atoms with Crippen LogP contribution in [0.1, 0.15) is 67.6 Å². The number of aromatic nitrogens is 3. The third-order valence-electron chi connectivity index (χ3n) is 5.94. The number of carbonyl (C=O) groups is 2. The topological polar surface area (TPSA) is 115 Å². The van der Waals surface area contributed by atoms with Gasteiger partial charge in [0.25, 0.3) is 5.91 Å². The zero-order chi connectivity index (χ0) is 27.1. The van der Waals surface area contributed by atoms with E-state index in [4.69, 9.17) is 9.47 Å². The Morgan fingerprint density at radius 3 is 2.61 bits per heavy atom. The van der Waals surface area contributed by atoms with Crippen LogP contribution in [0.25, 0.3) is 16.7 Å². The van der Waals surface area contributed by atoms with Crippen molar-refractivity contribution in [3.05, 3.63) is 83.7 Å². The third kappa shape index (κ3) is 7.23. The van der Waals surface area contributed by atoms with E-state index in [1.807, 2.05) is 64.1 Å². The van der Waals surface area contributed by atoms with Gasteiger partial charge in [0, 0.05) is 30.7 Å². The van der Waals surface area contributed by atoms with Crippen LogP contribution >= 0.6 is 0 Å². The third-order valence-corrected chi connectivity index (χ3v) is 5.94. The van der Waals surface area contributed by atoms with Crippen molar-refractivity contribution in [2.75, 3.05) is 13.2 Å². The van der Waals surface area contributed by atoms with Gasteiger partial charge in [0.1, 0.15) is 11.3 Å². The van der Waals surface area contributed by atoms with E-state index in [2.05, 4.69) is 25.6 Å².